The van der Waals surface area contributed by atoms with Gasteiger partial charge in [0.15, 0.2) is 9.84 Å². The number of nitrogens with one attached hydrogen (secondary N) is 1. The fourth-order valence-corrected chi connectivity index (χ4v) is 3.32. The van der Waals surface area contributed by atoms with Crippen molar-refractivity contribution in [3.8, 4) is 0 Å². The van der Waals surface area contributed by atoms with E-state index in [1.54, 1.807) is 24.4 Å². The molecule has 0 saturated carbocycles. The van der Waals surface area contributed by atoms with Crippen molar-refractivity contribution in [2.24, 2.45) is 0 Å². The molecule has 1 N–H and O–H groups in total. The van der Waals surface area contributed by atoms with Gasteiger partial charge in [-0.1, -0.05) is 6.07 Å². The molecule has 1 unspecified atom stereocenters. The molecule has 0 fully saturated rings. The van der Waals surface area contributed by atoms with Crippen LogP contribution in [0.5, 0.6) is 0 Å². The predicted molar refractivity (Wildman–Crippen MR) is 73.7 cm³/mol. The van der Waals surface area contributed by atoms with Gasteiger partial charge in [-0.3, -0.25) is 14.8 Å². The number of carbonyl (C=O) groups is 1. The number of aromatic nitrogens is 2. The number of nitrogens with zero attached hydrogens (tertiary/aromatic N) is 2. The molecule has 1 aliphatic heterocycles. The standard InChI is InChI=1S/C13H11N3O3S/c17-13(16-9-4-7-20(18,19)8-9)10-2-1-3-11-12(10)15-6-5-14-11/h1-7,9H,8H2,(H,16,17). The van der Waals surface area contributed by atoms with Crippen LogP contribution in [0.2, 0.25) is 0 Å². The first-order valence-electron chi connectivity index (χ1n) is 5.97. The van der Waals surface area contributed by atoms with Crippen molar-refractivity contribution in [2.45, 2.75) is 6.04 Å². The van der Waals surface area contributed by atoms with E-state index < -0.39 is 15.9 Å². The van der Waals surface area contributed by atoms with Crippen LogP contribution in [0.1, 0.15) is 10.4 Å². The van der Waals surface area contributed by atoms with Gasteiger partial charge in [-0.25, -0.2) is 8.42 Å². The van der Waals surface area contributed by atoms with Crippen LogP contribution in [-0.2, 0) is 9.84 Å². The van der Waals surface area contributed by atoms with Crippen molar-refractivity contribution >= 4 is 26.8 Å². The average Bonchev–Trinajstić information content (AvgIpc) is 2.77. The maximum atomic E-state index is 12.2. The zero-order valence-electron chi connectivity index (χ0n) is 10.4. The highest BCUT2D eigenvalue weighted by Crippen LogP contribution is 2.15. The SMILES string of the molecule is O=C(NC1C=CS(=O)(=O)C1)c1cccc2nccnc12. The van der Waals surface area contributed by atoms with Crippen LogP contribution in [0.4, 0.5) is 0 Å². The van der Waals surface area contributed by atoms with E-state index in [0.717, 1.165) is 5.41 Å². The third-order valence-electron chi connectivity index (χ3n) is 2.99. The van der Waals surface area contributed by atoms with Gasteiger partial charge in [-0.15, -0.1) is 0 Å². The summed E-state index contributed by atoms with van der Waals surface area (Å²) in [7, 11) is -3.19. The number of carbonyl (C=O) groups excluding carboxylic acids is 1. The summed E-state index contributed by atoms with van der Waals surface area (Å²) in [6, 6.07) is 4.62. The highest BCUT2D eigenvalue weighted by Gasteiger charge is 2.24. The molecule has 0 spiro atoms. The predicted octanol–water partition coefficient (Wildman–Crippen LogP) is 0.670. The maximum absolute atomic E-state index is 12.2. The number of sulfone groups is 1. The normalized spacial score (nSPS) is 20.1. The van der Waals surface area contributed by atoms with Gasteiger partial charge in [-0.05, 0) is 18.2 Å². The van der Waals surface area contributed by atoms with E-state index in [0.29, 0.717) is 16.6 Å². The lowest BCUT2D eigenvalue weighted by Gasteiger charge is -2.10. The highest BCUT2D eigenvalue weighted by molar-refractivity contribution is 7.94. The second kappa shape index (κ2) is 4.68. The van der Waals surface area contributed by atoms with Gasteiger partial charge in [0, 0.05) is 17.8 Å². The van der Waals surface area contributed by atoms with Crippen molar-refractivity contribution in [3.63, 3.8) is 0 Å². The van der Waals surface area contributed by atoms with Gasteiger partial charge < -0.3 is 5.32 Å². The molecule has 20 heavy (non-hydrogen) atoms. The van der Waals surface area contributed by atoms with E-state index in [9.17, 15) is 13.2 Å². The highest BCUT2D eigenvalue weighted by atomic mass is 32.2. The van der Waals surface area contributed by atoms with Crippen LogP contribution in [-0.4, -0.2) is 36.1 Å². The Labute approximate surface area is 115 Å². The molecule has 0 aliphatic carbocycles. The van der Waals surface area contributed by atoms with Gasteiger partial charge in [0.2, 0.25) is 0 Å². The van der Waals surface area contributed by atoms with Crippen LogP contribution >= 0.6 is 0 Å². The Hall–Kier alpha value is -2.28. The van der Waals surface area contributed by atoms with Gasteiger partial charge in [-0.2, -0.15) is 0 Å². The Bertz CT molecular complexity index is 809. The third-order valence-corrected chi connectivity index (χ3v) is 4.39. The minimum Gasteiger partial charge on any atom is -0.345 e. The average molecular weight is 289 g/mol. The zero-order valence-corrected chi connectivity index (χ0v) is 11.2. The Morgan fingerprint density at radius 1 is 1.25 bits per heavy atom. The molecule has 102 valence electrons. The number of benzene rings is 1. The second-order valence-electron chi connectivity index (χ2n) is 4.47. The quantitative estimate of drug-likeness (QED) is 0.877. The smallest absolute Gasteiger partial charge is 0.254 e. The molecule has 3 rings (SSSR count). The van der Waals surface area contributed by atoms with E-state index >= 15 is 0 Å². The van der Waals surface area contributed by atoms with Crippen molar-refractivity contribution in [1.82, 2.24) is 15.3 Å². The monoisotopic (exact) mass is 289 g/mol. The first kappa shape index (κ1) is 12.7. The first-order chi connectivity index (χ1) is 9.55. The number of para-hydroxylation sites is 1. The molecule has 6 nitrogen and oxygen atoms in total. The van der Waals surface area contributed by atoms with Gasteiger partial charge >= 0.3 is 0 Å². The molecule has 7 heteroatoms. The molecule has 0 saturated heterocycles. The zero-order chi connectivity index (χ0) is 14.2. The van der Waals surface area contributed by atoms with Crippen LogP contribution in [0.25, 0.3) is 11.0 Å². The van der Waals surface area contributed by atoms with Crippen LogP contribution in [0, 0.1) is 0 Å². The van der Waals surface area contributed by atoms with E-state index in [2.05, 4.69) is 15.3 Å². The Morgan fingerprint density at radius 3 is 2.80 bits per heavy atom. The lowest BCUT2D eigenvalue weighted by Crippen LogP contribution is -2.35. The summed E-state index contributed by atoms with van der Waals surface area (Å²) in [6.45, 7) is 0. The lowest BCUT2D eigenvalue weighted by molar-refractivity contribution is 0.0949. The third kappa shape index (κ3) is 2.39. The molecule has 1 aromatic carbocycles. The summed E-state index contributed by atoms with van der Waals surface area (Å²) in [5.74, 6) is -0.460. The molecule has 1 aliphatic rings. The summed E-state index contributed by atoms with van der Waals surface area (Å²) in [4.78, 5) is 20.5. The van der Waals surface area contributed by atoms with Crippen LogP contribution in [0.15, 0.2) is 42.1 Å². The Kier molecular flexibility index (Phi) is 2.98. The molecule has 2 aromatic rings. The fraction of sp³-hybridized carbons (Fsp3) is 0.154. The number of fused-ring (bicyclic) bond motifs is 1. The number of hydrogen-bond acceptors (Lipinski definition) is 5. The van der Waals surface area contributed by atoms with Crippen molar-refractivity contribution in [3.05, 3.63) is 47.6 Å². The topological polar surface area (TPSA) is 89.0 Å². The van der Waals surface area contributed by atoms with Crippen molar-refractivity contribution in [2.75, 3.05) is 5.75 Å². The second-order valence-corrected chi connectivity index (χ2v) is 6.40. The van der Waals surface area contributed by atoms with Crippen molar-refractivity contribution in [1.29, 1.82) is 0 Å². The van der Waals surface area contributed by atoms with E-state index in [4.69, 9.17) is 0 Å². The van der Waals surface area contributed by atoms with Crippen LogP contribution in [0.3, 0.4) is 0 Å². The van der Waals surface area contributed by atoms with Gasteiger partial charge in [0.25, 0.3) is 5.91 Å². The van der Waals surface area contributed by atoms with Gasteiger partial charge in [0.1, 0.15) is 5.52 Å². The molecular weight excluding hydrogens is 278 g/mol. The molecule has 0 bridgehead atoms. The van der Waals surface area contributed by atoms with E-state index in [1.165, 1.54) is 12.3 Å². The molecule has 0 radical (unpaired) electrons. The molecule has 1 atom stereocenters. The molecule has 2 heterocycles. The number of amides is 1. The van der Waals surface area contributed by atoms with E-state index in [1.807, 2.05) is 0 Å². The Balaban J connectivity index is 1.89. The molecule has 1 aromatic heterocycles. The largest absolute Gasteiger partial charge is 0.345 e. The minimum atomic E-state index is -3.19. The summed E-state index contributed by atoms with van der Waals surface area (Å²) in [5, 5.41) is 3.80. The van der Waals surface area contributed by atoms with Gasteiger partial charge in [0.05, 0.1) is 22.9 Å². The first-order valence-corrected chi connectivity index (χ1v) is 7.68. The lowest BCUT2D eigenvalue weighted by atomic mass is 10.1. The van der Waals surface area contributed by atoms with Crippen molar-refractivity contribution < 1.29 is 13.2 Å². The van der Waals surface area contributed by atoms with E-state index in [-0.39, 0.29) is 11.7 Å². The summed E-state index contributed by atoms with van der Waals surface area (Å²) >= 11 is 0. The number of hydrogen-bond donors (Lipinski definition) is 1. The minimum absolute atomic E-state index is 0.102. The Morgan fingerprint density at radius 2 is 2.05 bits per heavy atom. The fourth-order valence-electron chi connectivity index (χ4n) is 2.09. The van der Waals surface area contributed by atoms with Crippen LogP contribution < -0.4 is 5.32 Å². The number of rotatable bonds is 2. The summed E-state index contributed by atoms with van der Waals surface area (Å²) in [5.41, 5.74) is 1.50. The molecule has 1 amide bonds. The summed E-state index contributed by atoms with van der Waals surface area (Å²) < 4.78 is 22.6. The molecular formula is C13H11N3O3S. The maximum Gasteiger partial charge on any atom is 0.254 e. The summed E-state index contributed by atoms with van der Waals surface area (Å²) in [6.07, 6.45) is 4.54.